The molecule has 0 bridgehead atoms. The molecule has 3 heterocycles. The molecule has 148 valence electrons. The summed E-state index contributed by atoms with van der Waals surface area (Å²) in [6, 6.07) is 9.80. The van der Waals surface area contributed by atoms with Gasteiger partial charge in [-0.25, -0.2) is 9.97 Å². The number of hydrogen-bond donors (Lipinski definition) is 3. The largest absolute Gasteiger partial charge is 0.496 e. The minimum Gasteiger partial charge on any atom is -0.496 e. The molecule has 0 unspecified atom stereocenters. The van der Waals surface area contributed by atoms with Crippen molar-refractivity contribution >= 4 is 11.6 Å². The van der Waals surface area contributed by atoms with Crippen LogP contribution in [0, 0.1) is 11.3 Å². The zero-order valence-corrected chi connectivity index (χ0v) is 16.0. The highest BCUT2D eigenvalue weighted by Gasteiger charge is 2.16. The van der Waals surface area contributed by atoms with Crippen molar-refractivity contribution in [3.8, 4) is 23.1 Å². The second-order valence-electron chi connectivity index (χ2n) is 6.65. The summed E-state index contributed by atoms with van der Waals surface area (Å²) < 4.78 is 11.5. The standard InChI is InChI=1S/C20H21N7O2/c1-28-18-6-13(12-29-15-4-5-22-10-15)2-3-16(18)17-7-19(27-26-17)25-20-11-23-14(8-21)9-24-20/h2-3,6-7,9,11,15,22H,4-5,10,12H2,1H3,(H2,24,25,26,27)/t15-/m1/s1. The molecular weight excluding hydrogens is 370 g/mol. The first-order valence-electron chi connectivity index (χ1n) is 9.29. The average molecular weight is 391 g/mol. The Bertz CT molecular complexity index is 1000. The summed E-state index contributed by atoms with van der Waals surface area (Å²) in [4.78, 5) is 8.11. The fourth-order valence-electron chi connectivity index (χ4n) is 3.14. The Morgan fingerprint density at radius 3 is 2.90 bits per heavy atom. The van der Waals surface area contributed by atoms with Gasteiger partial charge in [0.2, 0.25) is 0 Å². The second kappa shape index (κ2) is 8.68. The number of benzene rings is 1. The summed E-state index contributed by atoms with van der Waals surface area (Å²) in [6.45, 7) is 2.47. The van der Waals surface area contributed by atoms with Crippen LogP contribution in [0.4, 0.5) is 11.6 Å². The SMILES string of the molecule is COc1cc(CO[C@@H]2CCNC2)ccc1-c1cc(Nc2cnc(C#N)cn2)n[nH]1. The van der Waals surface area contributed by atoms with Crippen molar-refractivity contribution in [1.29, 1.82) is 5.26 Å². The number of H-pyrrole nitrogens is 1. The van der Waals surface area contributed by atoms with E-state index in [1.165, 1.54) is 12.4 Å². The lowest BCUT2D eigenvalue weighted by molar-refractivity contribution is 0.0541. The van der Waals surface area contributed by atoms with E-state index in [0.29, 0.717) is 18.2 Å². The molecular formula is C20H21N7O2. The lowest BCUT2D eigenvalue weighted by Gasteiger charge is -2.13. The van der Waals surface area contributed by atoms with E-state index >= 15 is 0 Å². The van der Waals surface area contributed by atoms with Crippen LogP contribution in [0.25, 0.3) is 11.3 Å². The molecule has 4 rings (SSSR count). The van der Waals surface area contributed by atoms with E-state index in [1.54, 1.807) is 7.11 Å². The van der Waals surface area contributed by atoms with Crippen LogP contribution in [0.5, 0.6) is 5.75 Å². The smallest absolute Gasteiger partial charge is 0.158 e. The second-order valence-corrected chi connectivity index (χ2v) is 6.65. The minimum atomic E-state index is 0.260. The maximum Gasteiger partial charge on any atom is 0.158 e. The number of nitrogens with zero attached hydrogens (tertiary/aromatic N) is 4. The van der Waals surface area contributed by atoms with E-state index in [0.717, 1.165) is 42.1 Å². The zero-order valence-electron chi connectivity index (χ0n) is 16.0. The van der Waals surface area contributed by atoms with Crippen LogP contribution in [0.15, 0.2) is 36.7 Å². The highest BCUT2D eigenvalue weighted by Crippen LogP contribution is 2.31. The van der Waals surface area contributed by atoms with Gasteiger partial charge in [0.15, 0.2) is 11.5 Å². The van der Waals surface area contributed by atoms with Crippen molar-refractivity contribution in [1.82, 2.24) is 25.5 Å². The van der Waals surface area contributed by atoms with Crippen LogP contribution in [0.3, 0.4) is 0 Å². The van der Waals surface area contributed by atoms with Crippen molar-refractivity contribution in [2.24, 2.45) is 0 Å². The molecule has 1 saturated heterocycles. The number of rotatable bonds is 7. The van der Waals surface area contributed by atoms with E-state index < -0.39 is 0 Å². The summed E-state index contributed by atoms with van der Waals surface area (Å²) in [5.74, 6) is 1.83. The van der Waals surface area contributed by atoms with Crippen LogP contribution >= 0.6 is 0 Å². The van der Waals surface area contributed by atoms with Crippen LogP contribution in [0.2, 0.25) is 0 Å². The van der Waals surface area contributed by atoms with Crippen LogP contribution in [-0.4, -0.2) is 46.5 Å². The molecule has 29 heavy (non-hydrogen) atoms. The predicted molar refractivity (Wildman–Crippen MR) is 107 cm³/mol. The molecule has 3 N–H and O–H groups in total. The maximum absolute atomic E-state index is 8.79. The van der Waals surface area contributed by atoms with E-state index in [9.17, 15) is 0 Å². The fraction of sp³-hybridized carbons (Fsp3) is 0.300. The number of anilines is 2. The van der Waals surface area contributed by atoms with Crippen LogP contribution < -0.4 is 15.4 Å². The molecule has 0 amide bonds. The van der Waals surface area contributed by atoms with Crippen molar-refractivity contribution in [2.45, 2.75) is 19.1 Å². The monoisotopic (exact) mass is 391 g/mol. The topological polar surface area (TPSA) is 121 Å². The molecule has 0 spiro atoms. The Balaban J connectivity index is 1.46. The molecule has 0 radical (unpaired) electrons. The molecule has 0 saturated carbocycles. The normalized spacial score (nSPS) is 15.8. The maximum atomic E-state index is 8.79. The lowest BCUT2D eigenvalue weighted by atomic mass is 10.1. The van der Waals surface area contributed by atoms with E-state index in [4.69, 9.17) is 14.7 Å². The van der Waals surface area contributed by atoms with Crippen molar-refractivity contribution < 1.29 is 9.47 Å². The number of aromatic nitrogens is 4. The summed E-state index contributed by atoms with van der Waals surface area (Å²) in [5.41, 5.74) is 3.02. The zero-order chi connectivity index (χ0) is 20.1. The molecule has 1 fully saturated rings. The van der Waals surface area contributed by atoms with Crippen molar-refractivity contribution in [3.63, 3.8) is 0 Å². The first kappa shape index (κ1) is 18.9. The van der Waals surface area contributed by atoms with Crippen molar-refractivity contribution in [3.05, 3.63) is 47.9 Å². The highest BCUT2D eigenvalue weighted by molar-refractivity contribution is 5.71. The lowest BCUT2D eigenvalue weighted by Crippen LogP contribution is -2.16. The molecule has 9 heteroatoms. The molecule has 1 aromatic carbocycles. The van der Waals surface area contributed by atoms with Gasteiger partial charge in [0.05, 0.1) is 37.9 Å². The number of aromatic amines is 1. The number of nitriles is 1. The summed E-state index contributed by atoms with van der Waals surface area (Å²) >= 11 is 0. The minimum absolute atomic E-state index is 0.260. The molecule has 0 aliphatic carbocycles. The number of ether oxygens (including phenoxy) is 2. The third-order valence-corrected chi connectivity index (χ3v) is 4.66. The van der Waals surface area contributed by atoms with Gasteiger partial charge < -0.3 is 20.1 Å². The van der Waals surface area contributed by atoms with Crippen molar-refractivity contribution in [2.75, 3.05) is 25.5 Å². The molecule has 3 aromatic rings. The van der Waals surface area contributed by atoms with E-state index in [1.807, 2.05) is 30.3 Å². The molecule has 9 nitrogen and oxygen atoms in total. The van der Waals surface area contributed by atoms with Gasteiger partial charge in [0.1, 0.15) is 17.6 Å². The van der Waals surface area contributed by atoms with Gasteiger partial charge in [-0.05, 0) is 30.7 Å². The quantitative estimate of drug-likeness (QED) is 0.561. The molecule has 1 aliphatic heterocycles. The number of hydrogen-bond acceptors (Lipinski definition) is 8. The predicted octanol–water partition coefficient (Wildman–Crippen LogP) is 2.37. The number of nitrogens with one attached hydrogen (secondary N) is 3. The molecule has 1 aliphatic rings. The van der Waals surface area contributed by atoms with E-state index in [2.05, 4.69) is 30.8 Å². The summed E-state index contributed by atoms with van der Waals surface area (Å²) in [5, 5.41) is 22.4. The first-order chi connectivity index (χ1) is 14.2. The molecule has 2 aromatic heterocycles. The van der Waals surface area contributed by atoms with Crippen LogP contribution in [0.1, 0.15) is 17.7 Å². The van der Waals surface area contributed by atoms with Gasteiger partial charge in [-0.15, -0.1) is 0 Å². The Morgan fingerprint density at radius 1 is 1.24 bits per heavy atom. The first-order valence-corrected chi connectivity index (χ1v) is 9.29. The number of methoxy groups -OCH3 is 1. The Hall–Kier alpha value is -3.48. The third-order valence-electron chi connectivity index (χ3n) is 4.66. The summed E-state index contributed by atoms with van der Waals surface area (Å²) in [6.07, 6.45) is 4.21. The average Bonchev–Trinajstić information content (AvgIpc) is 3.45. The Morgan fingerprint density at radius 2 is 2.17 bits per heavy atom. The highest BCUT2D eigenvalue weighted by atomic mass is 16.5. The van der Waals surface area contributed by atoms with E-state index in [-0.39, 0.29) is 11.8 Å². The third kappa shape index (κ3) is 4.51. The Labute approximate surface area is 168 Å². The van der Waals surface area contributed by atoms with Gasteiger partial charge in [0.25, 0.3) is 0 Å². The fourth-order valence-corrected chi connectivity index (χ4v) is 3.14. The summed E-state index contributed by atoms with van der Waals surface area (Å²) in [7, 11) is 1.65. The van der Waals surface area contributed by atoms with Gasteiger partial charge in [-0.1, -0.05) is 6.07 Å². The van der Waals surface area contributed by atoms with Gasteiger partial charge in [0, 0.05) is 18.2 Å². The Kier molecular flexibility index (Phi) is 5.65. The van der Waals surface area contributed by atoms with Gasteiger partial charge >= 0.3 is 0 Å². The van der Waals surface area contributed by atoms with Gasteiger partial charge in [-0.3, -0.25) is 5.10 Å². The molecule has 1 atom stereocenters. The van der Waals surface area contributed by atoms with Gasteiger partial charge in [-0.2, -0.15) is 10.4 Å². The van der Waals surface area contributed by atoms with Crippen LogP contribution in [-0.2, 0) is 11.3 Å².